The lowest BCUT2D eigenvalue weighted by Gasteiger charge is -2.23. The first-order chi connectivity index (χ1) is 12.4. The fraction of sp³-hybridized carbons (Fsp3) is 0.238. The summed E-state index contributed by atoms with van der Waals surface area (Å²) in [5, 5.41) is 0.913. The summed E-state index contributed by atoms with van der Waals surface area (Å²) < 4.78 is 5.89. The van der Waals surface area contributed by atoms with Crippen LogP contribution in [0.2, 0.25) is 5.02 Å². The Morgan fingerprint density at radius 2 is 1.81 bits per heavy atom. The van der Waals surface area contributed by atoms with Crippen molar-refractivity contribution in [2.75, 3.05) is 6.54 Å². The Morgan fingerprint density at radius 1 is 1.12 bits per heavy atom. The van der Waals surface area contributed by atoms with Gasteiger partial charge in [-0.25, -0.2) is 0 Å². The molecule has 4 rings (SSSR count). The van der Waals surface area contributed by atoms with Crippen LogP contribution in [0.5, 0.6) is 0 Å². The van der Waals surface area contributed by atoms with Crippen LogP contribution in [-0.4, -0.2) is 17.4 Å². The molecule has 0 radical (unpaired) electrons. The zero-order valence-electron chi connectivity index (χ0n) is 14.8. The van der Waals surface area contributed by atoms with Crippen LogP contribution in [0.25, 0.3) is 11.0 Å². The van der Waals surface area contributed by atoms with Crippen molar-refractivity contribution >= 4 is 28.5 Å². The molecule has 4 nitrogen and oxygen atoms in total. The molecular weight excluding hydrogens is 350 g/mol. The van der Waals surface area contributed by atoms with Crippen LogP contribution in [0, 0.1) is 13.8 Å². The Morgan fingerprint density at radius 3 is 2.46 bits per heavy atom. The van der Waals surface area contributed by atoms with Crippen LogP contribution in [-0.2, 0) is 0 Å². The summed E-state index contributed by atoms with van der Waals surface area (Å²) in [7, 11) is 0. The fourth-order valence-electron chi connectivity index (χ4n) is 3.56. The summed E-state index contributed by atoms with van der Waals surface area (Å²) in [5.74, 6) is -0.115. The van der Waals surface area contributed by atoms with Gasteiger partial charge in [0.15, 0.2) is 5.43 Å². The summed E-state index contributed by atoms with van der Waals surface area (Å²) in [6.07, 6.45) is 0. The van der Waals surface area contributed by atoms with Crippen molar-refractivity contribution in [3.63, 3.8) is 0 Å². The zero-order valence-corrected chi connectivity index (χ0v) is 15.6. The van der Waals surface area contributed by atoms with Gasteiger partial charge in [0, 0.05) is 11.6 Å². The third-order valence-electron chi connectivity index (χ3n) is 4.98. The van der Waals surface area contributed by atoms with E-state index in [-0.39, 0.29) is 17.1 Å². The van der Waals surface area contributed by atoms with E-state index in [1.807, 2.05) is 45.0 Å². The maximum atomic E-state index is 13.2. The number of hydrogen-bond donors (Lipinski definition) is 0. The normalized spacial score (nSPS) is 16.4. The fourth-order valence-corrected chi connectivity index (χ4v) is 3.73. The van der Waals surface area contributed by atoms with E-state index in [0.717, 1.165) is 16.7 Å². The number of carbonyl (C=O) groups excluding carboxylic acids is 1. The summed E-state index contributed by atoms with van der Waals surface area (Å²) >= 11 is 6.21. The lowest BCUT2D eigenvalue weighted by molar-refractivity contribution is 0.0738. The van der Waals surface area contributed by atoms with Gasteiger partial charge in [-0.3, -0.25) is 9.59 Å². The number of aryl methyl sites for hydroxylation is 2. The minimum absolute atomic E-state index is 0.136. The second-order valence-electron chi connectivity index (χ2n) is 6.68. The molecule has 1 aromatic heterocycles. The molecule has 132 valence electrons. The second kappa shape index (κ2) is 5.99. The molecule has 1 amide bonds. The highest BCUT2D eigenvalue weighted by Crippen LogP contribution is 2.38. The molecule has 0 saturated heterocycles. The van der Waals surface area contributed by atoms with E-state index < -0.39 is 6.04 Å². The Hall–Kier alpha value is -2.59. The van der Waals surface area contributed by atoms with Crippen molar-refractivity contribution in [1.29, 1.82) is 0 Å². The van der Waals surface area contributed by atoms with Gasteiger partial charge in [-0.1, -0.05) is 41.4 Å². The number of halogens is 1. The number of benzene rings is 2. The molecule has 3 aromatic rings. The lowest BCUT2D eigenvalue weighted by Crippen LogP contribution is -2.29. The molecule has 0 N–H and O–H groups in total. The Kier molecular flexibility index (Phi) is 3.88. The highest BCUT2D eigenvalue weighted by atomic mass is 35.5. The predicted octanol–water partition coefficient (Wildman–Crippen LogP) is 4.63. The van der Waals surface area contributed by atoms with E-state index in [1.54, 1.807) is 17.0 Å². The van der Waals surface area contributed by atoms with Crippen molar-refractivity contribution in [2.24, 2.45) is 0 Å². The van der Waals surface area contributed by atoms with Crippen molar-refractivity contribution in [2.45, 2.75) is 26.8 Å². The third-order valence-corrected chi connectivity index (χ3v) is 5.39. The zero-order chi connectivity index (χ0) is 18.6. The minimum atomic E-state index is -0.441. The van der Waals surface area contributed by atoms with E-state index in [9.17, 15) is 9.59 Å². The van der Waals surface area contributed by atoms with Gasteiger partial charge in [-0.15, -0.1) is 0 Å². The smallest absolute Gasteiger partial charge is 0.290 e. The number of rotatable bonds is 2. The van der Waals surface area contributed by atoms with Crippen LogP contribution in [0.1, 0.15) is 45.8 Å². The van der Waals surface area contributed by atoms with Gasteiger partial charge in [-0.05, 0) is 44.0 Å². The molecule has 0 spiro atoms. The monoisotopic (exact) mass is 367 g/mol. The number of nitrogens with zero attached hydrogens (tertiary/aromatic N) is 1. The van der Waals surface area contributed by atoms with Gasteiger partial charge in [0.2, 0.25) is 5.76 Å². The van der Waals surface area contributed by atoms with Crippen LogP contribution < -0.4 is 5.43 Å². The SMILES string of the molecule is CCN1C(=O)c2oc3cc(C)c(Cl)cc3c(=O)c2C1c1ccc(C)cc1. The van der Waals surface area contributed by atoms with E-state index in [1.165, 1.54) is 0 Å². The van der Waals surface area contributed by atoms with Crippen molar-refractivity contribution in [3.05, 3.63) is 79.7 Å². The summed E-state index contributed by atoms with van der Waals surface area (Å²) in [4.78, 5) is 27.8. The third kappa shape index (κ3) is 2.36. The Bertz CT molecular complexity index is 1100. The van der Waals surface area contributed by atoms with Crippen molar-refractivity contribution < 1.29 is 9.21 Å². The average molecular weight is 368 g/mol. The Labute approximate surface area is 156 Å². The van der Waals surface area contributed by atoms with Gasteiger partial charge in [0.25, 0.3) is 5.91 Å². The van der Waals surface area contributed by atoms with Gasteiger partial charge in [0.05, 0.1) is 17.0 Å². The highest BCUT2D eigenvalue weighted by Gasteiger charge is 2.41. The van der Waals surface area contributed by atoms with Gasteiger partial charge in [0.1, 0.15) is 5.58 Å². The molecule has 0 bridgehead atoms. The van der Waals surface area contributed by atoms with Crippen LogP contribution in [0.3, 0.4) is 0 Å². The standard InChI is InChI=1S/C21H18ClNO3/c1-4-23-18(13-7-5-11(2)6-8-13)17-19(24)14-10-15(22)12(3)9-16(14)26-20(17)21(23)25/h5-10,18H,4H2,1-3H3. The van der Waals surface area contributed by atoms with Gasteiger partial charge < -0.3 is 9.32 Å². The first kappa shape index (κ1) is 16.9. The molecule has 5 heteroatoms. The summed E-state index contributed by atoms with van der Waals surface area (Å²) in [5.41, 5.74) is 3.41. The number of fused-ring (bicyclic) bond motifs is 2. The molecule has 1 atom stereocenters. The molecule has 2 aromatic carbocycles. The molecular formula is C21H18ClNO3. The molecule has 1 aliphatic heterocycles. The topological polar surface area (TPSA) is 50.5 Å². The van der Waals surface area contributed by atoms with Gasteiger partial charge >= 0.3 is 0 Å². The summed E-state index contributed by atoms with van der Waals surface area (Å²) in [6.45, 7) is 6.22. The molecule has 0 aliphatic carbocycles. The van der Waals surface area contributed by atoms with Crippen LogP contribution in [0.4, 0.5) is 0 Å². The molecule has 2 heterocycles. The largest absolute Gasteiger partial charge is 0.450 e. The number of carbonyl (C=O) groups is 1. The maximum Gasteiger partial charge on any atom is 0.290 e. The number of hydrogen-bond acceptors (Lipinski definition) is 3. The molecule has 0 fully saturated rings. The minimum Gasteiger partial charge on any atom is -0.450 e. The molecule has 0 saturated carbocycles. The lowest BCUT2D eigenvalue weighted by atomic mass is 9.97. The van der Waals surface area contributed by atoms with Crippen molar-refractivity contribution in [3.8, 4) is 0 Å². The Balaban J connectivity index is 2.04. The predicted molar refractivity (Wildman–Crippen MR) is 102 cm³/mol. The highest BCUT2D eigenvalue weighted by molar-refractivity contribution is 6.32. The average Bonchev–Trinajstić information content (AvgIpc) is 2.90. The van der Waals surface area contributed by atoms with Gasteiger partial charge in [-0.2, -0.15) is 0 Å². The quantitative estimate of drug-likeness (QED) is 0.663. The number of amides is 1. The van der Waals surface area contributed by atoms with Crippen LogP contribution >= 0.6 is 11.6 Å². The molecule has 1 unspecified atom stereocenters. The maximum absolute atomic E-state index is 13.2. The van der Waals surface area contributed by atoms with E-state index in [0.29, 0.717) is 28.1 Å². The summed E-state index contributed by atoms with van der Waals surface area (Å²) in [6, 6.07) is 10.8. The molecule has 1 aliphatic rings. The first-order valence-corrected chi connectivity index (χ1v) is 8.94. The van der Waals surface area contributed by atoms with Crippen molar-refractivity contribution in [1.82, 2.24) is 4.90 Å². The van der Waals surface area contributed by atoms with E-state index in [2.05, 4.69) is 0 Å². The van der Waals surface area contributed by atoms with Crippen LogP contribution in [0.15, 0.2) is 45.6 Å². The second-order valence-corrected chi connectivity index (χ2v) is 7.08. The first-order valence-electron chi connectivity index (χ1n) is 8.56. The van der Waals surface area contributed by atoms with E-state index >= 15 is 0 Å². The van der Waals surface area contributed by atoms with E-state index in [4.69, 9.17) is 16.0 Å². The molecule has 26 heavy (non-hydrogen) atoms.